The molecule has 3 aromatic rings. The first-order valence-electron chi connectivity index (χ1n) is 7.58. The Hall–Kier alpha value is -2.99. The molecule has 1 heterocycles. The van der Waals surface area contributed by atoms with Crippen LogP contribution in [0, 0.1) is 6.92 Å². The molecular weight excluding hydrogens is 340 g/mol. The molecule has 7 heteroatoms. The number of anilines is 1. The number of aryl methyl sites for hydroxylation is 1. The SMILES string of the molecule is Cc1ccc(NC(=O)Cn2ncc(-c3ccccc3)nc2=O)cc1Cl. The minimum Gasteiger partial charge on any atom is -0.324 e. The summed E-state index contributed by atoms with van der Waals surface area (Å²) in [6, 6.07) is 14.4. The molecule has 1 amide bonds. The molecule has 25 heavy (non-hydrogen) atoms. The second-order valence-corrected chi connectivity index (χ2v) is 5.87. The smallest absolute Gasteiger partial charge is 0.324 e. The minimum atomic E-state index is -0.585. The Bertz CT molecular complexity index is 970. The summed E-state index contributed by atoms with van der Waals surface area (Å²) in [6.07, 6.45) is 1.47. The van der Waals surface area contributed by atoms with Gasteiger partial charge in [-0.3, -0.25) is 4.79 Å². The van der Waals surface area contributed by atoms with Crippen LogP contribution in [-0.2, 0) is 11.3 Å². The van der Waals surface area contributed by atoms with E-state index in [0.29, 0.717) is 16.4 Å². The zero-order chi connectivity index (χ0) is 17.8. The molecule has 0 unspecified atom stereocenters. The van der Waals surface area contributed by atoms with Gasteiger partial charge in [0.05, 0.1) is 11.9 Å². The van der Waals surface area contributed by atoms with Crippen LogP contribution in [0.15, 0.2) is 59.5 Å². The van der Waals surface area contributed by atoms with Crippen LogP contribution >= 0.6 is 11.6 Å². The molecule has 0 saturated heterocycles. The summed E-state index contributed by atoms with van der Waals surface area (Å²) in [5, 5.41) is 7.26. The second-order valence-electron chi connectivity index (χ2n) is 5.46. The largest absolute Gasteiger partial charge is 0.365 e. The fraction of sp³-hybridized carbons (Fsp3) is 0.111. The lowest BCUT2D eigenvalue weighted by Gasteiger charge is -2.08. The summed E-state index contributed by atoms with van der Waals surface area (Å²) in [4.78, 5) is 28.2. The maximum Gasteiger partial charge on any atom is 0.365 e. The van der Waals surface area contributed by atoms with E-state index in [1.165, 1.54) is 6.20 Å². The van der Waals surface area contributed by atoms with Crippen molar-refractivity contribution >= 4 is 23.2 Å². The van der Waals surface area contributed by atoms with Gasteiger partial charge in [0.2, 0.25) is 5.91 Å². The van der Waals surface area contributed by atoms with Crippen LogP contribution in [0.1, 0.15) is 5.56 Å². The highest BCUT2D eigenvalue weighted by molar-refractivity contribution is 6.31. The van der Waals surface area contributed by atoms with Crippen molar-refractivity contribution in [3.8, 4) is 11.3 Å². The topological polar surface area (TPSA) is 76.9 Å². The van der Waals surface area contributed by atoms with Gasteiger partial charge >= 0.3 is 5.69 Å². The lowest BCUT2D eigenvalue weighted by molar-refractivity contribution is -0.117. The van der Waals surface area contributed by atoms with Crippen LogP contribution in [0.5, 0.6) is 0 Å². The van der Waals surface area contributed by atoms with Crippen LogP contribution in [0.3, 0.4) is 0 Å². The maximum atomic E-state index is 12.1. The molecule has 6 nitrogen and oxygen atoms in total. The van der Waals surface area contributed by atoms with Gasteiger partial charge in [-0.2, -0.15) is 10.1 Å². The van der Waals surface area contributed by atoms with Crippen molar-refractivity contribution in [2.75, 3.05) is 5.32 Å². The third kappa shape index (κ3) is 4.10. The standard InChI is InChI=1S/C18H15ClN4O2/c1-12-7-8-14(9-15(12)19)21-17(24)11-23-18(25)22-16(10-20-23)13-5-3-2-4-6-13/h2-10H,11H2,1H3,(H,21,24). The first-order valence-corrected chi connectivity index (χ1v) is 7.96. The third-order valence-electron chi connectivity index (χ3n) is 3.57. The summed E-state index contributed by atoms with van der Waals surface area (Å²) in [7, 11) is 0. The number of nitrogens with one attached hydrogen (secondary N) is 1. The minimum absolute atomic E-state index is 0.230. The highest BCUT2D eigenvalue weighted by atomic mass is 35.5. The molecule has 126 valence electrons. The van der Waals surface area contributed by atoms with Gasteiger partial charge in [-0.15, -0.1) is 0 Å². The number of carbonyl (C=O) groups is 1. The van der Waals surface area contributed by atoms with Crippen molar-refractivity contribution in [3.05, 3.63) is 75.8 Å². The van der Waals surface area contributed by atoms with E-state index >= 15 is 0 Å². The summed E-state index contributed by atoms with van der Waals surface area (Å²) < 4.78 is 1.01. The molecular formula is C18H15ClN4O2. The number of nitrogens with zero attached hydrogens (tertiary/aromatic N) is 3. The first-order chi connectivity index (χ1) is 12.0. The molecule has 2 aromatic carbocycles. The van der Waals surface area contributed by atoms with Crippen molar-refractivity contribution in [2.24, 2.45) is 0 Å². The van der Waals surface area contributed by atoms with Gasteiger partial charge < -0.3 is 5.32 Å². The molecule has 0 spiro atoms. The Morgan fingerprint density at radius 1 is 1.20 bits per heavy atom. The molecule has 0 bridgehead atoms. The van der Waals surface area contributed by atoms with Gasteiger partial charge in [-0.05, 0) is 24.6 Å². The number of carbonyl (C=O) groups excluding carboxylic acids is 1. The molecule has 0 aliphatic carbocycles. The highest BCUT2D eigenvalue weighted by Gasteiger charge is 2.09. The third-order valence-corrected chi connectivity index (χ3v) is 3.98. The number of benzene rings is 2. The number of rotatable bonds is 4. The fourth-order valence-corrected chi connectivity index (χ4v) is 2.41. The first kappa shape index (κ1) is 16.9. The predicted octanol–water partition coefficient (Wildman–Crippen LogP) is 2.91. The Labute approximate surface area is 149 Å². The quantitative estimate of drug-likeness (QED) is 0.781. The van der Waals surface area contributed by atoms with Gasteiger partial charge in [-0.25, -0.2) is 9.48 Å². The summed E-state index contributed by atoms with van der Waals surface area (Å²) in [5.41, 5.74) is 2.14. The normalized spacial score (nSPS) is 10.5. The number of hydrogen-bond acceptors (Lipinski definition) is 4. The zero-order valence-electron chi connectivity index (χ0n) is 13.4. The molecule has 0 aliphatic heterocycles. The van der Waals surface area contributed by atoms with E-state index in [-0.39, 0.29) is 12.5 Å². The zero-order valence-corrected chi connectivity index (χ0v) is 14.2. The van der Waals surface area contributed by atoms with Gasteiger partial charge in [0.25, 0.3) is 0 Å². The van der Waals surface area contributed by atoms with Gasteiger partial charge in [0.15, 0.2) is 0 Å². The average molecular weight is 355 g/mol. The van der Waals surface area contributed by atoms with Crippen LogP contribution in [0.4, 0.5) is 5.69 Å². The summed E-state index contributed by atoms with van der Waals surface area (Å²) in [6.45, 7) is 1.64. The maximum absolute atomic E-state index is 12.1. The average Bonchev–Trinajstić information content (AvgIpc) is 2.61. The summed E-state index contributed by atoms with van der Waals surface area (Å²) >= 11 is 6.03. The Morgan fingerprint density at radius 2 is 1.96 bits per heavy atom. The van der Waals surface area contributed by atoms with Gasteiger partial charge in [0, 0.05) is 16.3 Å². The van der Waals surface area contributed by atoms with Gasteiger partial charge in [-0.1, -0.05) is 48.0 Å². The second kappa shape index (κ2) is 7.27. The number of hydrogen-bond donors (Lipinski definition) is 1. The molecule has 1 aromatic heterocycles. The van der Waals surface area contributed by atoms with E-state index in [1.54, 1.807) is 18.2 Å². The summed E-state index contributed by atoms with van der Waals surface area (Å²) in [5.74, 6) is -0.385. The number of amides is 1. The molecule has 1 N–H and O–H groups in total. The van der Waals surface area contributed by atoms with Crippen LogP contribution in [0.25, 0.3) is 11.3 Å². The molecule has 3 rings (SSSR count). The molecule has 0 saturated carbocycles. The van der Waals surface area contributed by atoms with E-state index in [1.807, 2.05) is 37.3 Å². The molecule has 0 atom stereocenters. The lowest BCUT2D eigenvalue weighted by atomic mass is 10.2. The van der Waals surface area contributed by atoms with Crippen molar-refractivity contribution in [3.63, 3.8) is 0 Å². The van der Waals surface area contributed by atoms with Crippen LogP contribution in [-0.4, -0.2) is 20.7 Å². The van der Waals surface area contributed by atoms with Crippen molar-refractivity contribution in [1.29, 1.82) is 0 Å². The fourth-order valence-electron chi connectivity index (χ4n) is 2.23. The monoisotopic (exact) mass is 354 g/mol. The number of halogens is 1. The Balaban J connectivity index is 1.73. The van der Waals surface area contributed by atoms with E-state index in [0.717, 1.165) is 15.8 Å². The van der Waals surface area contributed by atoms with Crippen LogP contribution in [0.2, 0.25) is 5.02 Å². The highest BCUT2D eigenvalue weighted by Crippen LogP contribution is 2.19. The molecule has 0 aliphatic rings. The van der Waals surface area contributed by atoms with Crippen molar-refractivity contribution in [2.45, 2.75) is 13.5 Å². The van der Waals surface area contributed by atoms with E-state index in [4.69, 9.17) is 11.6 Å². The molecule has 0 radical (unpaired) electrons. The Morgan fingerprint density at radius 3 is 2.64 bits per heavy atom. The number of aromatic nitrogens is 3. The van der Waals surface area contributed by atoms with Crippen LogP contribution < -0.4 is 11.0 Å². The van der Waals surface area contributed by atoms with E-state index in [2.05, 4.69) is 15.4 Å². The Kier molecular flexibility index (Phi) is 4.90. The molecule has 0 fully saturated rings. The predicted molar refractivity (Wildman–Crippen MR) is 96.5 cm³/mol. The van der Waals surface area contributed by atoms with Gasteiger partial charge in [0.1, 0.15) is 6.54 Å². The van der Waals surface area contributed by atoms with E-state index < -0.39 is 5.69 Å². The van der Waals surface area contributed by atoms with Crippen molar-refractivity contribution in [1.82, 2.24) is 14.8 Å². The van der Waals surface area contributed by atoms with Crippen molar-refractivity contribution < 1.29 is 4.79 Å². The lowest BCUT2D eigenvalue weighted by Crippen LogP contribution is -2.31. The van der Waals surface area contributed by atoms with E-state index in [9.17, 15) is 9.59 Å².